The lowest BCUT2D eigenvalue weighted by molar-refractivity contribution is 0.357. The molecular weight excluding hydrogens is 565 g/mol. The monoisotopic (exact) mass is 608 g/mol. The number of benzene rings is 7. The molecule has 0 aliphatic heterocycles. The van der Waals surface area contributed by atoms with Crippen LogP contribution in [0.1, 0.15) is 81.3 Å². The molecule has 0 heteroatoms. The highest BCUT2D eigenvalue weighted by atomic mass is 14.3. The van der Waals surface area contributed by atoms with Gasteiger partial charge in [-0.2, -0.15) is 0 Å². The molecule has 0 aromatic heterocycles. The zero-order valence-corrected chi connectivity index (χ0v) is 27.5. The SMILES string of the molecule is c1ccc2c(-c3cccc4c3cc(CC3CCCCC3)c3ccccc34)c3ccccc3c(-c3ccc(C4CCCCC4)cc3)c2c1. The Balaban J connectivity index is 1.27. The molecule has 2 saturated carbocycles. The van der Waals surface area contributed by atoms with Crippen LogP contribution in [0.5, 0.6) is 0 Å². The number of rotatable bonds is 5. The summed E-state index contributed by atoms with van der Waals surface area (Å²) >= 11 is 0. The minimum Gasteiger partial charge on any atom is -0.0616 e. The van der Waals surface area contributed by atoms with Crippen molar-refractivity contribution in [1.82, 2.24) is 0 Å². The fourth-order valence-electron chi connectivity index (χ4n) is 9.38. The molecule has 47 heavy (non-hydrogen) atoms. The zero-order chi connectivity index (χ0) is 31.2. The van der Waals surface area contributed by atoms with E-state index in [0.717, 1.165) is 11.8 Å². The summed E-state index contributed by atoms with van der Waals surface area (Å²) in [6.45, 7) is 0. The number of fused-ring (bicyclic) bond motifs is 5. The highest BCUT2D eigenvalue weighted by Gasteiger charge is 2.21. The summed E-state index contributed by atoms with van der Waals surface area (Å²) in [6, 6.07) is 46.7. The average Bonchev–Trinajstić information content (AvgIpc) is 3.15. The van der Waals surface area contributed by atoms with Crippen molar-refractivity contribution in [3.63, 3.8) is 0 Å². The van der Waals surface area contributed by atoms with Crippen LogP contribution in [-0.2, 0) is 6.42 Å². The Bertz CT molecular complexity index is 2170. The first-order valence-corrected chi connectivity index (χ1v) is 18.3. The molecule has 232 valence electrons. The van der Waals surface area contributed by atoms with Crippen molar-refractivity contribution < 1.29 is 0 Å². The maximum absolute atomic E-state index is 2.57. The highest BCUT2D eigenvalue weighted by Crippen LogP contribution is 2.47. The van der Waals surface area contributed by atoms with Crippen molar-refractivity contribution in [3.8, 4) is 22.3 Å². The highest BCUT2D eigenvalue weighted by molar-refractivity contribution is 6.25. The Hall–Kier alpha value is -4.42. The Kier molecular flexibility index (Phi) is 7.54. The molecule has 2 aliphatic rings. The van der Waals surface area contributed by atoms with Crippen LogP contribution in [-0.4, -0.2) is 0 Å². The van der Waals surface area contributed by atoms with Gasteiger partial charge in [0, 0.05) is 0 Å². The van der Waals surface area contributed by atoms with Crippen molar-refractivity contribution in [2.24, 2.45) is 5.92 Å². The third-order valence-corrected chi connectivity index (χ3v) is 11.7. The Labute approximate surface area is 279 Å². The van der Waals surface area contributed by atoms with Gasteiger partial charge in [-0.3, -0.25) is 0 Å². The summed E-state index contributed by atoms with van der Waals surface area (Å²) in [5.41, 5.74) is 8.44. The van der Waals surface area contributed by atoms with E-state index in [4.69, 9.17) is 0 Å². The van der Waals surface area contributed by atoms with Crippen molar-refractivity contribution in [1.29, 1.82) is 0 Å². The fraction of sp³-hybridized carbons (Fsp3) is 0.277. The van der Waals surface area contributed by atoms with Crippen LogP contribution in [0.2, 0.25) is 0 Å². The Morgan fingerprint density at radius 1 is 0.404 bits per heavy atom. The van der Waals surface area contributed by atoms with E-state index in [0.29, 0.717) is 0 Å². The maximum atomic E-state index is 2.57. The Morgan fingerprint density at radius 3 is 1.55 bits per heavy atom. The smallest absolute Gasteiger partial charge is 0.00201 e. The van der Waals surface area contributed by atoms with Gasteiger partial charge in [0.1, 0.15) is 0 Å². The molecule has 7 aromatic carbocycles. The van der Waals surface area contributed by atoms with Crippen molar-refractivity contribution in [3.05, 3.63) is 132 Å². The van der Waals surface area contributed by atoms with Gasteiger partial charge in [-0.25, -0.2) is 0 Å². The molecule has 0 bridgehead atoms. The number of hydrogen-bond acceptors (Lipinski definition) is 0. The van der Waals surface area contributed by atoms with E-state index in [9.17, 15) is 0 Å². The summed E-state index contributed by atoms with van der Waals surface area (Å²) in [5.74, 6) is 1.52. The van der Waals surface area contributed by atoms with Gasteiger partial charge < -0.3 is 0 Å². The molecule has 7 aromatic rings. The predicted molar refractivity (Wildman–Crippen MR) is 203 cm³/mol. The summed E-state index contributed by atoms with van der Waals surface area (Å²) in [7, 11) is 0. The summed E-state index contributed by atoms with van der Waals surface area (Å²) in [6.07, 6.45) is 14.9. The van der Waals surface area contributed by atoms with Gasteiger partial charge in [-0.05, 0) is 114 Å². The lowest BCUT2D eigenvalue weighted by Gasteiger charge is -2.24. The van der Waals surface area contributed by atoms with E-state index in [1.807, 2.05) is 0 Å². The van der Waals surface area contributed by atoms with Crippen LogP contribution in [0.25, 0.3) is 65.3 Å². The molecule has 9 rings (SSSR count). The Morgan fingerprint density at radius 2 is 0.915 bits per heavy atom. The van der Waals surface area contributed by atoms with Gasteiger partial charge in [0.15, 0.2) is 0 Å². The largest absolute Gasteiger partial charge is 0.0616 e. The summed E-state index contributed by atoms with van der Waals surface area (Å²) in [4.78, 5) is 0. The topological polar surface area (TPSA) is 0 Å². The van der Waals surface area contributed by atoms with Gasteiger partial charge in [-0.15, -0.1) is 0 Å². The van der Waals surface area contributed by atoms with Crippen molar-refractivity contribution >= 4 is 43.1 Å². The fourth-order valence-corrected chi connectivity index (χ4v) is 9.38. The van der Waals surface area contributed by atoms with Gasteiger partial charge in [-0.1, -0.05) is 167 Å². The van der Waals surface area contributed by atoms with Crippen molar-refractivity contribution in [2.45, 2.75) is 76.5 Å². The van der Waals surface area contributed by atoms with Crippen LogP contribution in [0.3, 0.4) is 0 Å². The molecule has 0 amide bonds. The molecule has 0 nitrogen and oxygen atoms in total. The molecule has 0 unspecified atom stereocenters. The zero-order valence-electron chi connectivity index (χ0n) is 27.5. The predicted octanol–water partition coefficient (Wildman–Crippen LogP) is 13.8. The van der Waals surface area contributed by atoms with Gasteiger partial charge >= 0.3 is 0 Å². The van der Waals surface area contributed by atoms with Gasteiger partial charge in [0.05, 0.1) is 0 Å². The first-order chi connectivity index (χ1) is 23.3. The lowest BCUT2D eigenvalue weighted by atomic mass is 9.81. The van der Waals surface area contributed by atoms with Crippen LogP contribution in [0.4, 0.5) is 0 Å². The van der Waals surface area contributed by atoms with Crippen LogP contribution >= 0.6 is 0 Å². The second-order valence-electron chi connectivity index (χ2n) is 14.5. The van der Waals surface area contributed by atoms with E-state index in [1.54, 1.807) is 0 Å². The first-order valence-electron chi connectivity index (χ1n) is 18.3. The van der Waals surface area contributed by atoms with Crippen LogP contribution in [0, 0.1) is 5.92 Å². The molecule has 2 fully saturated rings. The third kappa shape index (κ3) is 5.14. The normalized spacial score (nSPS) is 16.4. The summed E-state index contributed by atoms with van der Waals surface area (Å²) < 4.78 is 0. The van der Waals surface area contributed by atoms with E-state index >= 15 is 0 Å². The maximum Gasteiger partial charge on any atom is -0.00201 e. The number of hydrogen-bond donors (Lipinski definition) is 0. The lowest BCUT2D eigenvalue weighted by Crippen LogP contribution is -2.09. The molecule has 0 heterocycles. The van der Waals surface area contributed by atoms with E-state index < -0.39 is 0 Å². The van der Waals surface area contributed by atoms with Gasteiger partial charge in [0.25, 0.3) is 0 Å². The minimum atomic E-state index is 0.721. The summed E-state index contributed by atoms with van der Waals surface area (Å²) in [5, 5.41) is 10.9. The molecule has 2 aliphatic carbocycles. The molecule has 0 spiro atoms. The molecule has 0 saturated heterocycles. The van der Waals surface area contributed by atoms with E-state index in [2.05, 4.69) is 121 Å². The average molecular weight is 609 g/mol. The second-order valence-corrected chi connectivity index (χ2v) is 14.5. The second kappa shape index (κ2) is 12.3. The molecule has 0 atom stereocenters. The van der Waals surface area contributed by atoms with Crippen LogP contribution < -0.4 is 0 Å². The third-order valence-electron chi connectivity index (χ3n) is 11.7. The van der Waals surface area contributed by atoms with Crippen molar-refractivity contribution in [2.75, 3.05) is 0 Å². The van der Waals surface area contributed by atoms with E-state index in [1.165, 1.54) is 147 Å². The molecule has 0 N–H and O–H groups in total. The minimum absolute atomic E-state index is 0.721. The van der Waals surface area contributed by atoms with E-state index in [-0.39, 0.29) is 0 Å². The quantitative estimate of drug-likeness (QED) is 0.135. The van der Waals surface area contributed by atoms with Gasteiger partial charge in [0.2, 0.25) is 0 Å². The first kappa shape index (κ1) is 28.8. The molecule has 0 radical (unpaired) electrons. The standard InChI is InChI=1S/C47H44/c1-3-14-32(15-4-1)30-36-31-45-39(38-19-8-7-18-37(36)38)24-13-25-44(45)47-42-22-11-9-20-40(42)46(41-21-10-12-23-43(41)47)35-28-26-34(27-29-35)33-16-5-2-6-17-33/h7-13,18-29,31-33H,1-6,14-17,30H2. The molecular formula is C47H44. The van der Waals surface area contributed by atoms with Crippen LogP contribution in [0.15, 0.2) is 121 Å².